The molecular formula is C15H17NS. The van der Waals surface area contributed by atoms with Crippen LogP contribution in [0.3, 0.4) is 0 Å². The fourth-order valence-corrected chi connectivity index (χ4v) is 3.41. The number of hydrogen-bond acceptors (Lipinski definition) is 2. The average molecular weight is 243 g/mol. The maximum atomic E-state index is 3.54. The summed E-state index contributed by atoms with van der Waals surface area (Å²) in [6, 6.07) is 16.0. The third-order valence-electron chi connectivity index (χ3n) is 3.33. The van der Waals surface area contributed by atoms with Gasteiger partial charge in [0.25, 0.3) is 0 Å². The zero-order valence-electron chi connectivity index (χ0n) is 9.86. The van der Waals surface area contributed by atoms with Gasteiger partial charge in [0, 0.05) is 16.7 Å². The van der Waals surface area contributed by atoms with E-state index >= 15 is 0 Å². The summed E-state index contributed by atoms with van der Waals surface area (Å²) in [5.41, 5.74) is 0. The van der Waals surface area contributed by atoms with Gasteiger partial charge in [0.05, 0.1) is 0 Å². The van der Waals surface area contributed by atoms with Gasteiger partial charge in [-0.1, -0.05) is 30.3 Å². The first kappa shape index (κ1) is 11.1. The van der Waals surface area contributed by atoms with Crippen LogP contribution in [0.5, 0.6) is 0 Å². The third-order valence-corrected chi connectivity index (χ3v) is 4.49. The summed E-state index contributed by atoms with van der Waals surface area (Å²) in [5, 5.41) is 6.22. The van der Waals surface area contributed by atoms with Crippen LogP contribution in [-0.4, -0.2) is 18.3 Å². The van der Waals surface area contributed by atoms with Gasteiger partial charge in [-0.15, -0.1) is 11.8 Å². The van der Waals surface area contributed by atoms with E-state index in [1.165, 1.54) is 40.8 Å². The molecule has 1 atom stereocenters. The van der Waals surface area contributed by atoms with Crippen LogP contribution in [0.1, 0.15) is 12.8 Å². The summed E-state index contributed by atoms with van der Waals surface area (Å²) in [4.78, 5) is 1.39. The first-order valence-corrected chi connectivity index (χ1v) is 7.25. The zero-order chi connectivity index (χ0) is 11.5. The van der Waals surface area contributed by atoms with Gasteiger partial charge < -0.3 is 5.32 Å². The molecule has 2 aromatic carbocycles. The molecule has 1 heterocycles. The Kier molecular flexibility index (Phi) is 3.34. The highest BCUT2D eigenvalue weighted by Gasteiger charge is 2.13. The lowest BCUT2D eigenvalue weighted by Crippen LogP contribution is -2.23. The molecule has 1 fully saturated rings. The zero-order valence-corrected chi connectivity index (χ0v) is 10.7. The fourth-order valence-electron chi connectivity index (χ4n) is 2.35. The molecule has 1 N–H and O–H groups in total. The van der Waals surface area contributed by atoms with Crippen LogP contribution in [0, 0.1) is 0 Å². The van der Waals surface area contributed by atoms with Gasteiger partial charge in [-0.2, -0.15) is 0 Å². The minimum atomic E-state index is 0.714. The quantitative estimate of drug-likeness (QED) is 0.825. The minimum absolute atomic E-state index is 0.714. The summed E-state index contributed by atoms with van der Waals surface area (Å²) in [6.45, 7) is 1.20. The molecular weight excluding hydrogens is 226 g/mol. The second-order valence-electron chi connectivity index (χ2n) is 4.61. The Labute approximate surface area is 107 Å². The lowest BCUT2D eigenvalue weighted by molar-refractivity contribution is 0.674. The number of benzene rings is 2. The van der Waals surface area contributed by atoms with Crippen LogP contribution in [0.2, 0.25) is 0 Å². The van der Waals surface area contributed by atoms with Crippen LogP contribution in [0.25, 0.3) is 10.8 Å². The van der Waals surface area contributed by atoms with Gasteiger partial charge in [0.1, 0.15) is 0 Å². The minimum Gasteiger partial charge on any atom is -0.313 e. The van der Waals surface area contributed by atoms with Crippen molar-refractivity contribution in [3.8, 4) is 0 Å². The van der Waals surface area contributed by atoms with Crippen molar-refractivity contribution in [3.05, 3.63) is 42.5 Å². The van der Waals surface area contributed by atoms with E-state index < -0.39 is 0 Å². The van der Waals surface area contributed by atoms with E-state index in [9.17, 15) is 0 Å². The largest absolute Gasteiger partial charge is 0.313 e. The van der Waals surface area contributed by atoms with E-state index in [2.05, 4.69) is 47.8 Å². The van der Waals surface area contributed by atoms with E-state index in [4.69, 9.17) is 0 Å². The summed E-state index contributed by atoms with van der Waals surface area (Å²) in [6.07, 6.45) is 2.67. The molecule has 2 heteroatoms. The first-order chi connectivity index (χ1) is 8.42. The Morgan fingerprint density at radius 1 is 1.12 bits per heavy atom. The Balaban J connectivity index is 1.72. The molecule has 0 bridgehead atoms. The molecule has 0 saturated carbocycles. The van der Waals surface area contributed by atoms with Crippen LogP contribution in [0.4, 0.5) is 0 Å². The third kappa shape index (κ3) is 2.64. The lowest BCUT2D eigenvalue weighted by atomic mass is 10.1. The predicted molar refractivity (Wildman–Crippen MR) is 75.7 cm³/mol. The van der Waals surface area contributed by atoms with Gasteiger partial charge in [-0.25, -0.2) is 0 Å². The van der Waals surface area contributed by atoms with Crippen LogP contribution in [0.15, 0.2) is 47.4 Å². The van der Waals surface area contributed by atoms with E-state index in [0.717, 1.165) is 0 Å². The molecule has 0 amide bonds. The van der Waals surface area contributed by atoms with E-state index in [1.807, 2.05) is 11.8 Å². The Bertz CT molecular complexity index is 503. The smallest absolute Gasteiger partial charge is 0.0162 e. The SMILES string of the molecule is c1ccc2cc(SC[C@H]3CCCN3)ccc2c1. The highest BCUT2D eigenvalue weighted by Crippen LogP contribution is 2.25. The fraction of sp³-hybridized carbons (Fsp3) is 0.333. The Morgan fingerprint density at radius 3 is 2.82 bits per heavy atom. The first-order valence-electron chi connectivity index (χ1n) is 6.27. The molecule has 0 unspecified atom stereocenters. The molecule has 2 aromatic rings. The standard InChI is InChI=1S/C15H17NS/c1-2-5-13-10-15(8-7-12(13)4-1)17-11-14-6-3-9-16-14/h1-2,4-5,7-8,10,14,16H,3,6,9,11H2/t14-/m1/s1. The second kappa shape index (κ2) is 5.11. The lowest BCUT2D eigenvalue weighted by Gasteiger charge is -2.09. The molecule has 1 aliphatic heterocycles. The molecule has 1 nitrogen and oxygen atoms in total. The number of rotatable bonds is 3. The van der Waals surface area contributed by atoms with Gasteiger partial charge in [-0.05, 0) is 42.3 Å². The number of nitrogens with one attached hydrogen (secondary N) is 1. The van der Waals surface area contributed by atoms with E-state index in [0.29, 0.717) is 6.04 Å². The predicted octanol–water partition coefficient (Wildman–Crippen LogP) is 3.68. The maximum absolute atomic E-state index is 3.54. The van der Waals surface area contributed by atoms with Crippen LogP contribution < -0.4 is 5.32 Å². The van der Waals surface area contributed by atoms with Gasteiger partial charge >= 0.3 is 0 Å². The molecule has 17 heavy (non-hydrogen) atoms. The molecule has 0 aliphatic carbocycles. The van der Waals surface area contributed by atoms with Crippen molar-refractivity contribution in [2.45, 2.75) is 23.8 Å². The average Bonchev–Trinajstić information content (AvgIpc) is 2.89. The van der Waals surface area contributed by atoms with Crippen molar-refractivity contribution in [1.29, 1.82) is 0 Å². The summed E-state index contributed by atoms with van der Waals surface area (Å²) >= 11 is 1.97. The summed E-state index contributed by atoms with van der Waals surface area (Å²) < 4.78 is 0. The molecule has 0 spiro atoms. The number of fused-ring (bicyclic) bond motifs is 1. The second-order valence-corrected chi connectivity index (χ2v) is 5.71. The summed E-state index contributed by atoms with van der Waals surface area (Å²) in [5.74, 6) is 1.19. The van der Waals surface area contributed by atoms with Crippen LogP contribution >= 0.6 is 11.8 Å². The van der Waals surface area contributed by atoms with Crippen LogP contribution in [-0.2, 0) is 0 Å². The Morgan fingerprint density at radius 2 is 2.00 bits per heavy atom. The summed E-state index contributed by atoms with van der Waals surface area (Å²) in [7, 11) is 0. The Hall–Kier alpha value is -0.990. The number of hydrogen-bond donors (Lipinski definition) is 1. The molecule has 0 aromatic heterocycles. The van der Waals surface area contributed by atoms with Crippen molar-refractivity contribution >= 4 is 22.5 Å². The molecule has 1 aliphatic rings. The molecule has 1 saturated heterocycles. The van der Waals surface area contributed by atoms with Crippen molar-refractivity contribution in [2.75, 3.05) is 12.3 Å². The topological polar surface area (TPSA) is 12.0 Å². The highest BCUT2D eigenvalue weighted by molar-refractivity contribution is 7.99. The van der Waals surface area contributed by atoms with Gasteiger partial charge in [0.15, 0.2) is 0 Å². The normalized spacial score (nSPS) is 19.9. The van der Waals surface area contributed by atoms with Crippen molar-refractivity contribution in [3.63, 3.8) is 0 Å². The van der Waals surface area contributed by atoms with E-state index in [-0.39, 0.29) is 0 Å². The van der Waals surface area contributed by atoms with Crippen molar-refractivity contribution in [2.24, 2.45) is 0 Å². The highest BCUT2D eigenvalue weighted by atomic mass is 32.2. The molecule has 88 valence electrons. The molecule has 0 radical (unpaired) electrons. The molecule has 3 rings (SSSR count). The van der Waals surface area contributed by atoms with Crippen molar-refractivity contribution < 1.29 is 0 Å². The monoisotopic (exact) mass is 243 g/mol. The van der Waals surface area contributed by atoms with Crippen molar-refractivity contribution in [1.82, 2.24) is 5.32 Å². The van der Waals surface area contributed by atoms with E-state index in [1.54, 1.807) is 0 Å². The van der Waals surface area contributed by atoms with Gasteiger partial charge in [0.2, 0.25) is 0 Å². The van der Waals surface area contributed by atoms with Gasteiger partial charge in [-0.3, -0.25) is 0 Å². The number of thioether (sulfide) groups is 1. The maximum Gasteiger partial charge on any atom is 0.0162 e.